The normalized spacial score (nSPS) is 16.7. The highest BCUT2D eigenvalue weighted by molar-refractivity contribution is 8.15. The Hall–Kier alpha value is -3.17. The van der Waals surface area contributed by atoms with Gasteiger partial charge in [-0.05, 0) is 44.0 Å². The Morgan fingerprint density at radius 1 is 1.06 bits per heavy atom. The standard InChI is InChI=1S/C25H30N4O4S/c1-16-8-10-19(11-9-16)27-21(30)14-20-24(32)29(15-22(31)26-12-13-33-4)25(34-20)28-23-17(2)6-5-7-18(23)3/h5-11,20H,12-15H2,1-4H3,(H,26,31)(H,27,30). The summed E-state index contributed by atoms with van der Waals surface area (Å²) in [5, 5.41) is 5.31. The van der Waals surface area contributed by atoms with Gasteiger partial charge in [-0.1, -0.05) is 47.7 Å². The number of ether oxygens (including phenoxy) is 1. The summed E-state index contributed by atoms with van der Waals surface area (Å²) in [6, 6.07) is 13.3. The van der Waals surface area contributed by atoms with E-state index in [1.807, 2.05) is 63.2 Å². The number of aryl methyl sites for hydroxylation is 3. The van der Waals surface area contributed by atoms with E-state index < -0.39 is 5.25 Å². The summed E-state index contributed by atoms with van der Waals surface area (Å²) in [4.78, 5) is 44.4. The van der Waals surface area contributed by atoms with Crippen molar-refractivity contribution in [3.8, 4) is 0 Å². The van der Waals surface area contributed by atoms with Gasteiger partial charge in [0, 0.05) is 25.8 Å². The minimum Gasteiger partial charge on any atom is -0.383 e. The summed E-state index contributed by atoms with van der Waals surface area (Å²) in [6.45, 7) is 6.41. The minimum absolute atomic E-state index is 0.0229. The number of carbonyl (C=O) groups excluding carboxylic acids is 3. The summed E-state index contributed by atoms with van der Waals surface area (Å²) in [5.74, 6) is -0.895. The smallest absolute Gasteiger partial charge is 0.243 e. The van der Waals surface area contributed by atoms with E-state index in [1.54, 1.807) is 7.11 Å². The third-order valence-corrected chi connectivity index (χ3v) is 6.48. The molecule has 1 atom stereocenters. The van der Waals surface area contributed by atoms with Gasteiger partial charge in [0.25, 0.3) is 0 Å². The molecule has 0 radical (unpaired) electrons. The van der Waals surface area contributed by atoms with E-state index in [9.17, 15) is 14.4 Å². The van der Waals surface area contributed by atoms with Crippen molar-refractivity contribution in [1.29, 1.82) is 0 Å². The third kappa shape index (κ3) is 6.68. The van der Waals surface area contributed by atoms with Crippen molar-refractivity contribution >= 4 is 46.0 Å². The van der Waals surface area contributed by atoms with Crippen LogP contribution in [0, 0.1) is 20.8 Å². The van der Waals surface area contributed by atoms with Crippen molar-refractivity contribution in [3.63, 3.8) is 0 Å². The molecule has 1 aliphatic heterocycles. The average Bonchev–Trinajstić information content (AvgIpc) is 3.07. The quantitative estimate of drug-likeness (QED) is 0.534. The second kappa shape index (κ2) is 11.8. The number of amides is 3. The first kappa shape index (κ1) is 25.5. The lowest BCUT2D eigenvalue weighted by Crippen LogP contribution is -2.42. The first-order chi connectivity index (χ1) is 16.3. The van der Waals surface area contributed by atoms with Crippen molar-refractivity contribution in [1.82, 2.24) is 10.2 Å². The van der Waals surface area contributed by atoms with Crippen molar-refractivity contribution in [2.24, 2.45) is 4.99 Å². The fourth-order valence-corrected chi connectivity index (χ4v) is 4.60. The van der Waals surface area contributed by atoms with Crippen LogP contribution in [0.25, 0.3) is 0 Å². The molecule has 180 valence electrons. The number of hydrogen-bond acceptors (Lipinski definition) is 6. The van der Waals surface area contributed by atoms with Gasteiger partial charge in [-0.15, -0.1) is 0 Å². The van der Waals surface area contributed by atoms with E-state index in [2.05, 4.69) is 10.6 Å². The number of nitrogens with one attached hydrogen (secondary N) is 2. The molecule has 2 N–H and O–H groups in total. The SMILES string of the molecule is COCCNC(=O)CN1C(=O)C(CC(=O)Nc2ccc(C)cc2)SC1=Nc1c(C)cccc1C. The van der Waals surface area contributed by atoms with Gasteiger partial charge in [-0.3, -0.25) is 19.3 Å². The van der Waals surface area contributed by atoms with Crippen LogP contribution in [0.2, 0.25) is 0 Å². The maximum Gasteiger partial charge on any atom is 0.243 e. The predicted octanol–water partition coefficient (Wildman–Crippen LogP) is 3.33. The van der Waals surface area contributed by atoms with Gasteiger partial charge in [0.1, 0.15) is 11.8 Å². The molecule has 0 aliphatic carbocycles. The molecule has 0 bridgehead atoms. The van der Waals surface area contributed by atoms with E-state index >= 15 is 0 Å². The number of benzene rings is 2. The zero-order chi connectivity index (χ0) is 24.7. The molecule has 2 aromatic carbocycles. The van der Waals surface area contributed by atoms with Crippen LogP contribution in [0.3, 0.4) is 0 Å². The first-order valence-electron chi connectivity index (χ1n) is 11.0. The highest BCUT2D eigenvalue weighted by Crippen LogP contribution is 2.33. The van der Waals surface area contributed by atoms with Crippen LogP contribution in [0.15, 0.2) is 47.5 Å². The molecule has 9 heteroatoms. The van der Waals surface area contributed by atoms with Crippen LogP contribution >= 0.6 is 11.8 Å². The van der Waals surface area contributed by atoms with E-state index in [0.29, 0.717) is 24.0 Å². The highest BCUT2D eigenvalue weighted by Gasteiger charge is 2.40. The Morgan fingerprint density at radius 3 is 2.38 bits per heavy atom. The molecule has 34 heavy (non-hydrogen) atoms. The molecular formula is C25H30N4O4S. The molecule has 1 aliphatic rings. The maximum atomic E-state index is 13.2. The van der Waals surface area contributed by atoms with Gasteiger partial charge < -0.3 is 15.4 Å². The zero-order valence-electron chi connectivity index (χ0n) is 19.9. The fourth-order valence-electron chi connectivity index (χ4n) is 3.46. The van der Waals surface area contributed by atoms with Gasteiger partial charge >= 0.3 is 0 Å². The van der Waals surface area contributed by atoms with Gasteiger partial charge in [0.2, 0.25) is 17.7 Å². The number of para-hydroxylation sites is 1. The molecule has 1 saturated heterocycles. The maximum absolute atomic E-state index is 13.2. The number of rotatable bonds is 9. The molecule has 3 amide bonds. The van der Waals surface area contributed by atoms with Crippen LogP contribution < -0.4 is 10.6 Å². The molecule has 2 aromatic rings. The van der Waals surface area contributed by atoms with Crippen molar-refractivity contribution in [3.05, 3.63) is 59.2 Å². The van der Waals surface area contributed by atoms with Gasteiger partial charge in [0.05, 0.1) is 12.3 Å². The van der Waals surface area contributed by atoms with Crippen molar-refractivity contribution < 1.29 is 19.1 Å². The molecule has 0 spiro atoms. The number of hydrogen-bond donors (Lipinski definition) is 2. The predicted molar refractivity (Wildman–Crippen MR) is 135 cm³/mol. The lowest BCUT2D eigenvalue weighted by atomic mass is 10.1. The molecule has 0 aromatic heterocycles. The Bertz CT molecular complexity index is 1060. The second-order valence-corrected chi connectivity index (χ2v) is 9.30. The molecule has 1 unspecified atom stereocenters. The summed E-state index contributed by atoms with van der Waals surface area (Å²) < 4.78 is 4.96. The number of anilines is 1. The molecule has 8 nitrogen and oxygen atoms in total. The third-order valence-electron chi connectivity index (χ3n) is 5.30. The lowest BCUT2D eigenvalue weighted by Gasteiger charge is -2.17. The number of thioether (sulfide) groups is 1. The van der Waals surface area contributed by atoms with Crippen LogP contribution in [0.5, 0.6) is 0 Å². The summed E-state index contributed by atoms with van der Waals surface area (Å²) in [7, 11) is 1.55. The lowest BCUT2D eigenvalue weighted by molar-refractivity contribution is -0.132. The van der Waals surface area contributed by atoms with Crippen LogP contribution in [0.1, 0.15) is 23.1 Å². The number of nitrogens with zero attached hydrogens (tertiary/aromatic N) is 2. The highest BCUT2D eigenvalue weighted by atomic mass is 32.2. The topological polar surface area (TPSA) is 100 Å². The molecular weight excluding hydrogens is 452 g/mol. The summed E-state index contributed by atoms with van der Waals surface area (Å²) in [5.41, 5.74) is 4.44. The van der Waals surface area contributed by atoms with Gasteiger partial charge in [-0.25, -0.2) is 4.99 Å². The number of amidine groups is 1. The van der Waals surface area contributed by atoms with Crippen LogP contribution in [0.4, 0.5) is 11.4 Å². The molecule has 3 rings (SSSR count). The number of methoxy groups -OCH3 is 1. The van der Waals surface area contributed by atoms with Crippen molar-refractivity contribution in [2.75, 3.05) is 32.1 Å². The van der Waals surface area contributed by atoms with E-state index in [1.165, 1.54) is 16.7 Å². The van der Waals surface area contributed by atoms with Gasteiger partial charge in [-0.2, -0.15) is 0 Å². The van der Waals surface area contributed by atoms with Crippen LogP contribution in [-0.2, 0) is 19.1 Å². The van der Waals surface area contributed by atoms with E-state index in [4.69, 9.17) is 9.73 Å². The average molecular weight is 483 g/mol. The monoisotopic (exact) mass is 482 g/mol. The summed E-state index contributed by atoms with van der Waals surface area (Å²) >= 11 is 1.21. The zero-order valence-corrected chi connectivity index (χ0v) is 20.7. The van der Waals surface area contributed by atoms with Crippen molar-refractivity contribution in [2.45, 2.75) is 32.4 Å². The minimum atomic E-state index is -0.666. The Labute approximate surface area is 204 Å². The largest absolute Gasteiger partial charge is 0.383 e. The molecule has 1 heterocycles. The Balaban J connectivity index is 1.78. The molecule has 0 saturated carbocycles. The Morgan fingerprint density at radius 2 is 1.74 bits per heavy atom. The van der Waals surface area contributed by atoms with E-state index in [-0.39, 0.29) is 30.7 Å². The van der Waals surface area contributed by atoms with Crippen LogP contribution in [-0.4, -0.2) is 59.8 Å². The number of carbonyl (C=O) groups is 3. The number of aliphatic imine (C=N–C) groups is 1. The van der Waals surface area contributed by atoms with E-state index in [0.717, 1.165) is 22.4 Å². The second-order valence-electron chi connectivity index (χ2n) is 8.13. The Kier molecular flexibility index (Phi) is 8.84. The molecule has 1 fully saturated rings. The fraction of sp³-hybridized carbons (Fsp3) is 0.360. The summed E-state index contributed by atoms with van der Waals surface area (Å²) in [6.07, 6.45) is -0.0229. The first-order valence-corrected chi connectivity index (χ1v) is 11.9. The van der Waals surface area contributed by atoms with Gasteiger partial charge in [0.15, 0.2) is 5.17 Å².